The minimum absolute atomic E-state index is 0.0734. The highest BCUT2D eigenvalue weighted by Gasteiger charge is 2.05. The summed E-state index contributed by atoms with van der Waals surface area (Å²) >= 11 is 0. The summed E-state index contributed by atoms with van der Waals surface area (Å²) in [6.45, 7) is 0.348. The molecule has 0 radical (unpaired) electrons. The van der Waals surface area contributed by atoms with E-state index in [0.29, 0.717) is 5.82 Å². The van der Waals surface area contributed by atoms with E-state index in [1.165, 1.54) is 4.68 Å². The van der Waals surface area contributed by atoms with Gasteiger partial charge in [-0.1, -0.05) is 30.3 Å². The molecule has 2 rings (SSSR count). The number of anilines is 1. The summed E-state index contributed by atoms with van der Waals surface area (Å²) in [6.07, 6.45) is 1.64. The molecular weight excluding hydrogens is 218 g/mol. The summed E-state index contributed by atoms with van der Waals surface area (Å²) in [5.74, 6) is 0.0535. The summed E-state index contributed by atoms with van der Waals surface area (Å²) in [6, 6.07) is 11.1. The van der Waals surface area contributed by atoms with Crippen LogP contribution in [0.1, 0.15) is 5.56 Å². The van der Waals surface area contributed by atoms with Gasteiger partial charge in [0.1, 0.15) is 19.0 Å². The first-order chi connectivity index (χ1) is 8.24. The van der Waals surface area contributed by atoms with Gasteiger partial charge in [-0.25, -0.2) is 0 Å². The molecule has 0 saturated heterocycles. The van der Waals surface area contributed by atoms with Gasteiger partial charge in [-0.05, 0) is 11.6 Å². The maximum absolute atomic E-state index is 11.5. The first-order valence-electron chi connectivity index (χ1n) is 5.22. The van der Waals surface area contributed by atoms with E-state index >= 15 is 0 Å². The topological polar surface area (TPSA) is 70.1 Å². The van der Waals surface area contributed by atoms with Crippen LogP contribution in [0.15, 0.2) is 42.6 Å². The van der Waals surface area contributed by atoms with Crippen LogP contribution >= 0.6 is 0 Å². The van der Waals surface area contributed by atoms with Gasteiger partial charge < -0.3 is 10.5 Å². The maximum Gasteiger partial charge on any atom is 0.328 e. The molecule has 2 aromatic rings. The molecule has 5 nitrogen and oxygen atoms in total. The van der Waals surface area contributed by atoms with Crippen molar-refractivity contribution >= 4 is 11.8 Å². The van der Waals surface area contributed by atoms with Crippen LogP contribution in [-0.2, 0) is 22.7 Å². The molecule has 0 aliphatic carbocycles. The molecule has 88 valence electrons. The van der Waals surface area contributed by atoms with Gasteiger partial charge in [0.05, 0.1) is 0 Å². The van der Waals surface area contributed by atoms with E-state index in [-0.39, 0.29) is 19.1 Å². The highest BCUT2D eigenvalue weighted by molar-refractivity contribution is 5.69. The molecule has 0 aliphatic rings. The van der Waals surface area contributed by atoms with Gasteiger partial charge >= 0.3 is 5.97 Å². The molecule has 0 aliphatic heterocycles. The predicted octanol–water partition coefficient (Wildman–Crippen LogP) is 1.21. The summed E-state index contributed by atoms with van der Waals surface area (Å²) < 4.78 is 6.55. The molecule has 17 heavy (non-hydrogen) atoms. The van der Waals surface area contributed by atoms with Crippen molar-refractivity contribution in [2.75, 3.05) is 5.73 Å². The number of hydrogen-bond donors (Lipinski definition) is 1. The Bertz CT molecular complexity index is 493. The van der Waals surface area contributed by atoms with E-state index in [4.69, 9.17) is 10.5 Å². The second kappa shape index (κ2) is 5.16. The molecule has 0 amide bonds. The minimum atomic E-state index is -0.336. The van der Waals surface area contributed by atoms with Gasteiger partial charge in [-0.2, -0.15) is 5.10 Å². The van der Waals surface area contributed by atoms with Crippen LogP contribution in [0.4, 0.5) is 5.82 Å². The lowest BCUT2D eigenvalue weighted by molar-refractivity contribution is -0.145. The number of hydrogen-bond acceptors (Lipinski definition) is 4. The van der Waals surface area contributed by atoms with E-state index < -0.39 is 0 Å². The average Bonchev–Trinajstić information content (AvgIpc) is 2.73. The Balaban J connectivity index is 1.82. The van der Waals surface area contributed by atoms with Crippen molar-refractivity contribution in [3.05, 3.63) is 48.2 Å². The number of nitrogens with zero attached hydrogens (tertiary/aromatic N) is 2. The van der Waals surface area contributed by atoms with E-state index in [2.05, 4.69) is 5.10 Å². The number of ether oxygens (including phenoxy) is 1. The maximum atomic E-state index is 11.5. The number of carbonyl (C=O) groups is 1. The normalized spacial score (nSPS) is 10.1. The van der Waals surface area contributed by atoms with Gasteiger partial charge in [0.2, 0.25) is 0 Å². The van der Waals surface area contributed by atoms with Crippen LogP contribution in [0, 0.1) is 0 Å². The van der Waals surface area contributed by atoms with Gasteiger partial charge in [0, 0.05) is 6.20 Å². The number of aromatic nitrogens is 2. The molecule has 1 aromatic carbocycles. The van der Waals surface area contributed by atoms with Gasteiger partial charge in [0.15, 0.2) is 0 Å². The fourth-order valence-electron chi connectivity index (χ4n) is 1.38. The number of esters is 1. The molecule has 0 spiro atoms. The molecule has 1 aromatic heterocycles. The van der Waals surface area contributed by atoms with E-state index in [9.17, 15) is 4.79 Å². The van der Waals surface area contributed by atoms with Gasteiger partial charge in [0.25, 0.3) is 0 Å². The lowest BCUT2D eigenvalue weighted by atomic mass is 10.2. The van der Waals surface area contributed by atoms with E-state index in [1.54, 1.807) is 12.3 Å². The molecule has 0 unspecified atom stereocenters. The number of benzene rings is 1. The second-order valence-electron chi connectivity index (χ2n) is 3.58. The Kier molecular flexibility index (Phi) is 3.40. The third kappa shape index (κ3) is 3.34. The van der Waals surface area contributed by atoms with Gasteiger partial charge in [-0.3, -0.25) is 9.48 Å². The van der Waals surface area contributed by atoms with Crippen LogP contribution in [0.5, 0.6) is 0 Å². The van der Waals surface area contributed by atoms with Crippen LogP contribution < -0.4 is 5.73 Å². The van der Waals surface area contributed by atoms with Crippen LogP contribution in [0.25, 0.3) is 0 Å². The molecule has 0 saturated carbocycles. The van der Waals surface area contributed by atoms with Crippen molar-refractivity contribution in [2.45, 2.75) is 13.2 Å². The molecule has 1 heterocycles. The van der Waals surface area contributed by atoms with Crippen molar-refractivity contribution in [1.29, 1.82) is 0 Å². The quantitative estimate of drug-likeness (QED) is 0.803. The highest BCUT2D eigenvalue weighted by atomic mass is 16.5. The molecule has 0 bridgehead atoms. The van der Waals surface area contributed by atoms with Crippen LogP contribution in [-0.4, -0.2) is 15.7 Å². The van der Waals surface area contributed by atoms with Crippen molar-refractivity contribution in [1.82, 2.24) is 9.78 Å². The van der Waals surface area contributed by atoms with Crippen LogP contribution in [0.3, 0.4) is 0 Å². The lowest BCUT2D eigenvalue weighted by Gasteiger charge is -2.04. The summed E-state index contributed by atoms with van der Waals surface area (Å²) in [4.78, 5) is 11.5. The summed E-state index contributed by atoms with van der Waals surface area (Å²) in [5.41, 5.74) is 6.39. The van der Waals surface area contributed by atoms with Crippen molar-refractivity contribution in [3.8, 4) is 0 Å². The second-order valence-corrected chi connectivity index (χ2v) is 3.58. The van der Waals surface area contributed by atoms with Crippen molar-refractivity contribution in [2.24, 2.45) is 0 Å². The Labute approximate surface area is 98.8 Å². The minimum Gasteiger partial charge on any atom is -0.459 e. The van der Waals surface area contributed by atoms with E-state index in [0.717, 1.165) is 5.56 Å². The van der Waals surface area contributed by atoms with Crippen molar-refractivity contribution in [3.63, 3.8) is 0 Å². The number of rotatable bonds is 4. The number of nitrogens with two attached hydrogens (primary N) is 1. The largest absolute Gasteiger partial charge is 0.459 e. The first kappa shape index (κ1) is 11.2. The third-order valence-corrected chi connectivity index (χ3v) is 2.20. The smallest absolute Gasteiger partial charge is 0.328 e. The third-order valence-electron chi connectivity index (χ3n) is 2.20. The Morgan fingerprint density at radius 2 is 2.06 bits per heavy atom. The fourth-order valence-corrected chi connectivity index (χ4v) is 1.38. The lowest BCUT2D eigenvalue weighted by Crippen LogP contribution is -2.14. The average molecular weight is 231 g/mol. The molecule has 0 fully saturated rings. The van der Waals surface area contributed by atoms with Crippen LogP contribution in [0.2, 0.25) is 0 Å². The highest BCUT2D eigenvalue weighted by Crippen LogP contribution is 2.02. The molecular formula is C12H13N3O2. The molecule has 2 N–H and O–H groups in total. The summed E-state index contributed by atoms with van der Waals surface area (Å²) in [5, 5.41) is 3.90. The van der Waals surface area contributed by atoms with Crippen molar-refractivity contribution < 1.29 is 9.53 Å². The van der Waals surface area contributed by atoms with E-state index in [1.807, 2.05) is 30.3 Å². The standard InChI is InChI=1S/C12H13N3O2/c13-11-6-7-15(14-11)8-12(16)17-9-10-4-2-1-3-5-10/h1-7H,8-9H2,(H2,13,14). The first-order valence-corrected chi connectivity index (χ1v) is 5.22. The zero-order valence-corrected chi connectivity index (χ0v) is 9.24. The fraction of sp³-hybridized carbons (Fsp3) is 0.167. The zero-order valence-electron chi connectivity index (χ0n) is 9.24. The SMILES string of the molecule is Nc1ccn(CC(=O)OCc2ccccc2)n1. The number of carbonyl (C=O) groups excluding carboxylic acids is 1. The molecule has 5 heteroatoms. The van der Waals surface area contributed by atoms with Gasteiger partial charge in [-0.15, -0.1) is 0 Å². The Hall–Kier alpha value is -2.30. The Morgan fingerprint density at radius 3 is 2.71 bits per heavy atom. The summed E-state index contributed by atoms with van der Waals surface area (Å²) in [7, 11) is 0. The Morgan fingerprint density at radius 1 is 1.29 bits per heavy atom. The monoisotopic (exact) mass is 231 g/mol. The number of nitrogen functional groups attached to an aromatic ring is 1. The predicted molar refractivity (Wildman–Crippen MR) is 62.9 cm³/mol. The zero-order chi connectivity index (χ0) is 12.1. The molecule has 0 atom stereocenters.